The molecular weight excluding hydrogens is 385 g/mol. The van der Waals surface area contributed by atoms with Gasteiger partial charge in [0.25, 0.3) is 17.6 Å². The van der Waals surface area contributed by atoms with Crippen LogP contribution in [-0.2, 0) is 4.79 Å². The number of nitrogens with zero attached hydrogens (tertiary/aromatic N) is 2. The van der Waals surface area contributed by atoms with E-state index in [-0.39, 0.29) is 36.0 Å². The number of aromatic amines is 1. The number of halogens is 1. The molecule has 4 rings (SSSR count). The zero-order chi connectivity index (χ0) is 21.3. The Hall–Kier alpha value is -3.48. The first kappa shape index (κ1) is 19.8. The summed E-state index contributed by atoms with van der Waals surface area (Å²) in [5, 5.41) is 0.126. The topological polar surface area (TPSA) is 73.5 Å². The van der Waals surface area contributed by atoms with E-state index in [0.29, 0.717) is 24.0 Å². The first-order valence-corrected chi connectivity index (χ1v) is 9.96. The Labute approximate surface area is 173 Å². The van der Waals surface area contributed by atoms with Crippen molar-refractivity contribution in [3.8, 4) is 0 Å². The largest absolute Gasteiger partial charge is 0.360 e. The summed E-state index contributed by atoms with van der Waals surface area (Å²) in [7, 11) is 0. The number of H-pyrrole nitrogens is 1. The predicted molar refractivity (Wildman–Crippen MR) is 111 cm³/mol. The van der Waals surface area contributed by atoms with E-state index in [0.717, 1.165) is 0 Å². The number of benzene rings is 2. The number of piperazine rings is 1. The molecule has 7 heteroatoms. The fraction of sp³-hybridized carbons (Fsp3) is 0.261. The van der Waals surface area contributed by atoms with Crippen LogP contribution in [0.25, 0.3) is 10.9 Å². The zero-order valence-electron chi connectivity index (χ0n) is 16.6. The van der Waals surface area contributed by atoms with Gasteiger partial charge in [0.2, 0.25) is 0 Å². The molecule has 3 aromatic rings. The quantitative estimate of drug-likeness (QED) is 0.533. The van der Waals surface area contributed by atoms with E-state index in [9.17, 15) is 18.8 Å². The van der Waals surface area contributed by atoms with Crippen molar-refractivity contribution in [2.45, 2.75) is 19.4 Å². The third-order valence-electron chi connectivity index (χ3n) is 5.62. The highest BCUT2D eigenvalue weighted by molar-refractivity contribution is 6.44. The lowest BCUT2D eigenvalue weighted by Gasteiger charge is -2.41. The molecule has 1 fully saturated rings. The molecule has 0 unspecified atom stereocenters. The molecule has 1 aliphatic heterocycles. The second kappa shape index (κ2) is 8.10. The Morgan fingerprint density at radius 3 is 2.57 bits per heavy atom. The zero-order valence-corrected chi connectivity index (χ0v) is 16.6. The molecule has 2 amide bonds. The molecule has 6 nitrogen and oxygen atoms in total. The number of nitrogens with one attached hydrogen (secondary N) is 1. The van der Waals surface area contributed by atoms with E-state index in [2.05, 4.69) is 4.98 Å². The van der Waals surface area contributed by atoms with Gasteiger partial charge in [0.05, 0.1) is 5.56 Å². The number of rotatable bonds is 4. The lowest BCUT2D eigenvalue weighted by Crippen LogP contribution is -2.57. The summed E-state index contributed by atoms with van der Waals surface area (Å²) in [5.74, 6) is -2.05. The molecule has 1 N–H and O–H groups in total. The van der Waals surface area contributed by atoms with E-state index >= 15 is 0 Å². The predicted octanol–water partition coefficient (Wildman–Crippen LogP) is 3.25. The van der Waals surface area contributed by atoms with Gasteiger partial charge in [-0.25, -0.2) is 4.39 Å². The smallest absolute Gasteiger partial charge is 0.295 e. The van der Waals surface area contributed by atoms with Crippen molar-refractivity contribution in [2.24, 2.45) is 0 Å². The maximum absolute atomic E-state index is 14.2. The number of hydrogen-bond donors (Lipinski definition) is 1. The van der Waals surface area contributed by atoms with E-state index in [4.69, 9.17) is 0 Å². The van der Waals surface area contributed by atoms with Gasteiger partial charge >= 0.3 is 0 Å². The third-order valence-corrected chi connectivity index (χ3v) is 5.62. The van der Waals surface area contributed by atoms with Gasteiger partial charge < -0.3 is 14.8 Å². The van der Waals surface area contributed by atoms with Gasteiger partial charge in [-0.1, -0.05) is 31.2 Å². The summed E-state index contributed by atoms with van der Waals surface area (Å²) in [4.78, 5) is 44.7. The summed E-state index contributed by atoms with van der Waals surface area (Å²) in [6, 6.07) is 13.3. The number of fused-ring (bicyclic) bond motifs is 1. The molecule has 0 saturated carbocycles. The van der Waals surface area contributed by atoms with Gasteiger partial charge in [-0.3, -0.25) is 14.4 Å². The number of carbonyl (C=O) groups is 3. The highest BCUT2D eigenvalue weighted by Gasteiger charge is 2.35. The minimum absolute atomic E-state index is 0.0314. The lowest BCUT2D eigenvalue weighted by atomic mass is 10.0. The molecule has 154 valence electrons. The SMILES string of the molecule is CC[C@H]1CN(C(=O)C(=O)c2c[nH]c3cccc(F)c23)CCN1C(=O)c1ccccc1. The van der Waals surface area contributed by atoms with E-state index < -0.39 is 17.5 Å². The molecule has 0 bridgehead atoms. The second-order valence-electron chi connectivity index (χ2n) is 7.37. The molecule has 1 atom stereocenters. The maximum Gasteiger partial charge on any atom is 0.295 e. The van der Waals surface area contributed by atoms with Crippen molar-refractivity contribution in [3.05, 3.63) is 71.7 Å². The molecule has 2 heterocycles. The normalized spacial score (nSPS) is 16.7. The Morgan fingerprint density at radius 2 is 1.83 bits per heavy atom. The van der Waals surface area contributed by atoms with Crippen molar-refractivity contribution in [2.75, 3.05) is 19.6 Å². The highest BCUT2D eigenvalue weighted by atomic mass is 19.1. The van der Waals surface area contributed by atoms with Gasteiger partial charge in [0, 0.05) is 48.3 Å². The Balaban J connectivity index is 1.52. The fourth-order valence-corrected chi connectivity index (χ4v) is 3.98. The Kier molecular flexibility index (Phi) is 5.35. The molecule has 0 spiro atoms. The number of aromatic nitrogens is 1. The summed E-state index contributed by atoms with van der Waals surface area (Å²) >= 11 is 0. The lowest BCUT2D eigenvalue weighted by molar-refractivity contribution is -0.128. The van der Waals surface area contributed by atoms with Gasteiger partial charge in [-0.05, 0) is 30.7 Å². The van der Waals surface area contributed by atoms with Crippen molar-refractivity contribution in [1.82, 2.24) is 14.8 Å². The van der Waals surface area contributed by atoms with Crippen molar-refractivity contribution < 1.29 is 18.8 Å². The Bertz CT molecular complexity index is 1110. The number of amides is 2. The third kappa shape index (κ3) is 3.47. The number of ketones is 1. The van der Waals surface area contributed by atoms with Crippen LogP contribution >= 0.6 is 0 Å². The molecule has 30 heavy (non-hydrogen) atoms. The fourth-order valence-electron chi connectivity index (χ4n) is 3.98. The number of Topliss-reactive ketones (excluding diaryl/α,β-unsaturated/α-hetero) is 1. The van der Waals surface area contributed by atoms with Crippen molar-refractivity contribution in [1.29, 1.82) is 0 Å². The van der Waals surface area contributed by atoms with Crippen LogP contribution in [0.4, 0.5) is 4.39 Å². The minimum Gasteiger partial charge on any atom is -0.360 e. The van der Waals surface area contributed by atoms with Crippen LogP contribution in [0.1, 0.15) is 34.1 Å². The van der Waals surface area contributed by atoms with E-state index in [1.54, 1.807) is 29.2 Å². The average Bonchev–Trinajstić information content (AvgIpc) is 3.23. The monoisotopic (exact) mass is 407 g/mol. The van der Waals surface area contributed by atoms with Crippen LogP contribution in [0.3, 0.4) is 0 Å². The summed E-state index contributed by atoms with van der Waals surface area (Å²) in [5.41, 5.74) is 1.10. The maximum atomic E-state index is 14.2. The van der Waals surface area contributed by atoms with Gasteiger partial charge in [0.15, 0.2) is 0 Å². The number of carbonyl (C=O) groups excluding carboxylic acids is 3. The van der Waals surface area contributed by atoms with Crippen LogP contribution in [0.2, 0.25) is 0 Å². The van der Waals surface area contributed by atoms with Crippen molar-refractivity contribution >= 4 is 28.5 Å². The molecule has 2 aromatic carbocycles. The standard InChI is InChI=1S/C23H22FN3O3/c1-2-16-14-26(11-12-27(16)22(29)15-7-4-3-5-8-15)23(30)21(28)17-13-25-19-10-6-9-18(24)20(17)19/h3-10,13,16,25H,2,11-12,14H2,1H3/t16-/m0/s1. The van der Waals surface area contributed by atoms with Crippen LogP contribution < -0.4 is 0 Å². The highest BCUT2D eigenvalue weighted by Crippen LogP contribution is 2.23. The van der Waals surface area contributed by atoms with Gasteiger partial charge in [-0.15, -0.1) is 0 Å². The summed E-state index contributed by atoms with van der Waals surface area (Å²) in [6.45, 7) is 2.81. The van der Waals surface area contributed by atoms with Gasteiger partial charge in [0.1, 0.15) is 5.82 Å². The molecule has 0 radical (unpaired) electrons. The second-order valence-corrected chi connectivity index (χ2v) is 7.37. The summed E-state index contributed by atoms with van der Waals surface area (Å²) in [6.07, 6.45) is 2.03. The van der Waals surface area contributed by atoms with Crippen LogP contribution in [0, 0.1) is 5.82 Å². The first-order chi connectivity index (χ1) is 14.5. The van der Waals surface area contributed by atoms with E-state index in [1.807, 2.05) is 25.1 Å². The van der Waals surface area contributed by atoms with Crippen LogP contribution in [0.15, 0.2) is 54.7 Å². The van der Waals surface area contributed by atoms with Gasteiger partial charge in [-0.2, -0.15) is 0 Å². The molecule has 1 aliphatic rings. The van der Waals surface area contributed by atoms with E-state index in [1.165, 1.54) is 17.2 Å². The van der Waals surface area contributed by atoms with Crippen LogP contribution in [0.5, 0.6) is 0 Å². The first-order valence-electron chi connectivity index (χ1n) is 9.96. The molecule has 0 aliphatic carbocycles. The summed E-state index contributed by atoms with van der Waals surface area (Å²) < 4.78 is 14.2. The van der Waals surface area contributed by atoms with Crippen molar-refractivity contribution in [3.63, 3.8) is 0 Å². The number of hydrogen-bond acceptors (Lipinski definition) is 3. The van der Waals surface area contributed by atoms with Crippen LogP contribution in [-0.4, -0.2) is 58.1 Å². The average molecular weight is 407 g/mol. The minimum atomic E-state index is -0.746. The molecule has 1 saturated heterocycles. The Morgan fingerprint density at radius 1 is 1.07 bits per heavy atom. The molecular formula is C23H22FN3O3. The molecule has 1 aromatic heterocycles.